The maximum Gasteiger partial charge on any atom is 0.391 e. The molecule has 10 heteroatoms. The summed E-state index contributed by atoms with van der Waals surface area (Å²) in [5.74, 6) is -1.16. The second-order valence-electron chi connectivity index (χ2n) is 6.37. The van der Waals surface area contributed by atoms with E-state index in [9.17, 15) is 26.0 Å². The van der Waals surface area contributed by atoms with E-state index in [1.165, 1.54) is 31.5 Å². The van der Waals surface area contributed by atoms with Crippen LogP contribution in [-0.4, -0.2) is 38.6 Å². The van der Waals surface area contributed by atoms with E-state index in [0.29, 0.717) is 5.56 Å². The zero-order valence-electron chi connectivity index (χ0n) is 14.3. The summed E-state index contributed by atoms with van der Waals surface area (Å²) in [7, 11) is -2.17. The monoisotopic (exact) mass is 396 g/mol. The molecule has 5 nitrogen and oxygen atoms in total. The number of pyridine rings is 1. The molecule has 0 bridgehead atoms. The van der Waals surface area contributed by atoms with Crippen LogP contribution in [0, 0.1) is 5.92 Å². The molecule has 26 heavy (non-hydrogen) atoms. The largest absolute Gasteiger partial charge is 0.495 e. The second kappa shape index (κ2) is 7.42. The van der Waals surface area contributed by atoms with E-state index in [4.69, 9.17) is 4.74 Å². The van der Waals surface area contributed by atoms with E-state index in [0.717, 1.165) is 6.26 Å². The highest BCUT2D eigenvalue weighted by Crippen LogP contribution is 2.43. The summed E-state index contributed by atoms with van der Waals surface area (Å²) in [6, 6.07) is 1.36. The van der Waals surface area contributed by atoms with Gasteiger partial charge >= 0.3 is 6.18 Å². The van der Waals surface area contributed by atoms with Crippen LogP contribution in [0.5, 0.6) is 5.75 Å². The number of halogens is 4. The van der Waals surface area contributed by atoms with E-state index >= 15 is 0 Å². The Balaban J connectivity index is 2.17. The number of nitrogens with zero attached hydrogens (tertiary/aromatic N) is 1. The Hall–Kier alpha value is -1.84. The standard InChI is InChI=1S/C16H20F4N2O3S/c1-25-13-10-21-14(22-26(2,23)24)9-11(13)3-6-15(17)7-4-12(5-8-15)16(18,19)20/h3,6,9-10,12H,4-5,7-8H2,1-2H3,(H,21,22)/b6-3+/t12-,15+. The molecule has 1 saturated carbocycles. The van der Waals surface area contributed by atoms with E-state index in [-0.39, 0.29) is 37.3 Å². The highest BCUT2D eigenvalue weighted by atomic mass is 32.2. The Morgan fingerprint density at radius 3 is 2.46 bits per heavy atom. The molecule has 0 aliphatic heterocycles. The minimum Gasteiger partial charge on any atom is -0.495 e. The number of alkyl halides is 4. The second-order valence-corrected chi connectivity index (χ2v) is 8.12. The summed E-state index contributed by atoms with van der Waals surface area (Å²) in [6.07, 6.45) is -0.458. The molecule has 0 amide bonds. The fourth-order valence-electron chi connectivity index (χ4n) is 2.84. The average molecular weight is 396 g/mol. The number of hydrogen-bond acceptors (Lipinski definition) is 4. The first kappa shape index (κ1) is 20.5. The molecule has 1 N–H and O–H groups in total. The molecule has 0 radical (unpaired) electrons. The third kappa shape index (κ3) is 5.58. The van der Waals surface area contributed by atoms with Crippen molar-refractivity contribution in [3.63, 3.8) is 0 Å². The van der Waals surface area contributed by atoms with Crippen molar-refractivity contribution < 1.29 is 30.7 Å². The minimum atomic E-state index is -4.30. The number of hydrogen-bond donors (Lipinski definition) is 1. The molecule has 0 spiro atoms. The molecule has 0 unspecified atom stereocenters. The molecule has 2 rings (SSSR count). The third-order valence-corrected chi connectivity index (χ3v) is 4.83. The molecule has 1 aromatic heterocycles. The lowest BCUT2D eigenvalue weighted by atomic mass is 9.79. The van der Waals surface area contributed by atoms with Crippen molar-refractivity contribution in [1.29, 1.82) is 0 Å². The van der Waals surface area contributed by atoms with Gasteiger partial charge in [-0.15, -0.1) is 0 Å². The van der Waals surface area contributed by atoms with Gasteiger partial charge in [-0.05, 0) is 37.8 Å². The lowest BCUT2D eigenvalue weighted by Gasteiger charge is -2.32. The molecule has 1 heterocycles. The van der Waals surface area contributed by atoms with Crippen molar-refractivity contribution in [3.05, 3.63) is 23.9 Å². The maximum absolute atomic E-state index is 14.8. The van der Waals surface area contributed by atoms with Crippen LogP contribution >= 0.6 is 0 Å². The molecule has 0 atom stereocenters. The zero-order chi connectivity index (χ0) is 19.6. The molecule has 1 aliphatic carbocycles. The average Bonchev–Trinajstić information content (AvgIpc) is 2.51. The van der Waals surface area contributed by atoms with Crippen LogP contribution in [-0.2, 0) is 10.0 Å². The predicted molar refractivity (Wildman–Crippen MR) is 90.1 cm³/mol. The lowest BCUT2D eigenvalue weighted by Crippen LogP contribution is -2.34. The highest BCUT2D eigenvalue weighted by molar-refractivity contribution is 7.92. The Morgan fingerprint density at radius 1 is 1.35 bits per heavy atom. The Bertz CT molecular complexity index is 770. The predicted octanol–water partition coefficient (Wildman–Crippen LogP) is 3.94. The summed E-state index contributed by atoms with van der Waals surface area (Å²) in [5, 5.41) is 0. The van der Waals surface area contributed by atoms with E-state index < -0.39 is 27.8 Å². The normalized spacial score (nSPS) is 24.6. The van der Waals surface area contributed by atoms with Crippen molar-refractivity contribution in [3.8, 4) is 5.75 Å². The summed E-state index contributed by atoms with van der Waals surface area (Å²) < 4.78 is 82.8. The highest BCUT2D eigenvalue weighted by Gasteiger charge is 2.45. The molecular weight excluding hydrogens is 376 g/mol. The number of sulfonamides is 1. The molecule has 0 aromatic carbocycles. The molecule has 0 saturated heterocycles. The number of anilines is 1. The zero-order valence-corrected chi connectivity index (χ0v) is 15.1. The van der Waals surface area contributed by atoms with Gasteiger partial charge in [-0.2, -0.15) is 13.2 Å². The Morgan fingerprint density at radius 2 is 1.96 bits per heavy atom. The van der Waals surface area contributed by atoms with E-state index in [1.807, 2.05) is 0 Å². The third-order valence-electron chi connectivity index (χ3n) is 4.25. The number of aromatic nitrogens is 1. The van der Waals surface area contributed by atoms with Crippen LogP contribution in [0.2, 0.25) is 0 Å². The summed E-state index contributed by atoms with van der Waals surface area (Å²) in [4.78, 5) is 3.88. The van der Waals surface area contributed by atoms with Crippen LogP contribution < -0.4 is 9.46 Å². The van der Waals surface area contributed by atoms with Crippen LogP contribution in [0.15, 0.2) is 18.3 Å². The summed E-state index contributed by atoms with van der Waals surface area (Å²) in [5.41, 5.74) is -1.48. The maximum atomic E-state index is 14.8. The van der Waals surface area contributed by atoms with Gasteiger partial charge in [-0.3, -0.25) is 4.72 Å². The first-order valence-electron chi connectivity index (χ1n) is 7.88. The van der Waals surface area contributed by atoms with Crippen molar-refractivity contribution in [1.82, 2.24) is 4.98 Å². The van der Waals surface area contributed by atoms with E-state index in [2.05, 4.69) is 9.71 Å². The van der Waals surface area contributed by atoms with Gasteiger partial charge in [0.15, 0.2) is 0 Å². The molecular formula is C16H20F4N2O3S. The van der Waals surface area contributed by atoms with Gasteiger partial charge in [0.05, 0.1) is 25.5 Å². The van der Waals surface area contributed by atoms with Crippen molar-refractivity contribution in [2.45, 2.75) is 37.5 Å². The topological polar surface area (TPSA) is 68.3 Å². The fourth-order valence-corrected chi connectivity index (χ4v) is 3.33. The fraction of sp³-hybridized carbons (Fsp3) is 0.562. The summed E-state index contributed by atoms with van der Waals surface area (Å²) >= 11 is 0. The molecule has 1 aromatic rings. The SMILES string of the molecule is COc1cnc(NS(C)(=O)=O)cc1/C=C/[C@]1(F)CC[C@@H](C(F)(F)F)CC1. The first-order valence-corrected chi connectivity index (χ1v) is 9.78. The van der Waals surface area contributed by atoms with Crippen LogP contribution in [0.25, 0.3) is 6.08 Å². The van der Waals surface area contributed by atoms with Crippen LogP contribution in [0.3, 0.4) is 0 Å². The molecule has 146 valence electrons. The van der Waals surface area contributed by atoms with E-state index in [1.54, 1.807) is 0 Å². The van der Waals surface area contributed by atoms with Crippen LogP contribution in [0.1, 0.15) is 31.2 Å². The van der Waals surface area contributed by atoms with Gasteiger partial charge < -0.3 is 4.74 Å². The first-order chi connectivity index (χ1) is 11.9. The smallest absolute Gasteiger partial charge is 0.391 e. The summed E-state index contributed by atoms with van der Waals surface area (Å²) in [6.45, 7) is 0. The Kier molecular flexibility index (Phi) is 5.84. The van der Waals surface area contributed by atoms with Gasteiger partial charge in [0, 0.05) is 5.56 Å². The minimum absolute atomic E-state index is 0.0293. The number of ether oxygens (including phenoxy) is 1. The van der Waals surface area contributed by atoms with Gasteiger partial charge in [-0.25, -0.2) is 17.8 Å². The van der Waals surface area contributed by atoms with Gasteiger partial charge in [0.1, 0.15) is 17.2 Å². The number of nitrogens with one attached hydrogen (secondary N) is 1. The van der Waals surface area contributed by atoms with Gasteiger partial charge in [-0.1, -0.05) is 6.08 Å². The number of allylic oxidation sites excluding steroid dienone is 1. The number of methoxy groups -OCH3 is 1. The lowest BCUT2D eigenvalue weighted by molar-refractivity contribution is -0.186. The van der Waals surface area contributed by atoms with Gasteiger partial charge in [0.25, 0.3) is 0 Å². The number of rotatable bonds is 5. The Labute approximate surface area is 149 Å². The molecule has 1 fully saturated rings. The van der Waals surface area contributed by atoms with Crippen molar-refractivity contribution in [2.75, 3.05) is 18.1 Å². The van der Waals surface area contributed by atoms with Crippen LogP contribution in [0.4, 0.5) is 23.4 Å². The van der Waals surface area contributed by atoms with Crippen molar-refractivity contribution in [2.24, 2.45) is 5.92 Å². The van der Waals surface area contributed by atoms with Crippen molar-refractivity contribution >= 4 is 21.9 Å². The van der Waals surface area contributed by atoms with Gasteiger partial charge in [0.2, 0.25) is 10.0 Å². The molecule has 1 aliphatic rings. The quantitative estimate of drug-likeness (QED) is 0.766.